The van der Waals surface area contributed by atoms with E-state index in [1.807, 2.05) is 0 Å². The maximum Gasteiger partial charge on any atom is 0.359 e. The summed E-state index contributed by atoms with van der Waals surface area (Å²) in [4.78, 5) is 9.57. The fourth-order valence-electron chi connectivity index (χ4n) is 0.0891. The van der Waals surface area contributed by atoms with E-state index in [2.05, 4.69) is 4.43 Å². The predicted octanol–water partition coefficient (Wildman–Crippen LogP) is -0.925. The topological polar surface area (TPSA) is 26.3 Å². The van der Waals surface area contributed by atoms with Crippen molar-refractivity contribution < 1.29 is 18.0 Å². The molecule has 42 valence electrons. The van der Waals surface area contributed by atoms with E-state index in [1.54, 1.807) is 0 Å². The van der Waals surface area contributed by atoms with Gasteiger partial charge in [0, 0.05) is 0 Å². The van der Waals surface area contributed by atoms with Gasteiger partial charge in [-0.25, -0.2) is 4.79 Å². The van der Waals surface area contributed by atoms with Crippen molar-refractivity contribution in [2.45, 2.75) is 6.43 Å². The molecular formula is C2H4F2O2Si. The summed E-state index contributed by atoms with van der Waals surface area (Å²) in [6.45, 7) is 0. The molecule has 0 aromatic heterocycles. The van der Waals surface area contributed by atoms with Gasteiger partial charge in [0.05, 0.1) is 0 Å². The van der Waals surface area contributed by atoms with Crippen molar-refractivity contribution >= 4 is 16.5 Å². The Kier molecular flexibility index (Phi) is 2.50. The van der Waals surface area contributed by atoms with Crippen LogP contribution in [-0.2, 0) is 9.22 Å². The van der Waals surface area contributed by atoms with Crippen LogP contribution in [-0.4, -0.2) is 22.9 Å². The highest BCUT2D eigenvalue weighted by atomic mass is 28.2. The molecule has 0 aliphatic heterocycles. The molecule has 0 unspecified atom stereocenters. The lowest BCUT2D eigenvalue weighted by Gasteiger charge is -1.92. The van der Waals surface area contributed by atoms with Crippen molar-refractivity contribution in [2.24, 2.45) is 0 Å². The molecule has 0 atom stereocenters. The van der Waals surface area contributed by atoms with E-state index < -0.39 is 12.4 Å². The minimum absolute atomic E-state index is 0.0411. The van der Waals surface area contributed by atoms with Crippen LogP contribution in [0.4, 0.5) is 8.78 Å². The SMILES string of the molecule is O=C(O[SiH3])C(F)F. The van der Waals surface area contributed by atoms with Gasteiger partial charge in [-0.05, 0) is 0 Å². The highest BCUT2D eigenvalue weighted by Gasteiger charge is 2.12. The first kappa shape index (κ1) is 6.55. The Balaban J connectivity index is 3.35. The Morgan fingerprint density at radius 3 is 2.14 bits per heavy atom. The van der Waals surface area contributed by atoms with Gasteiger partial charge in [-0.2, -0.15) is 8.78 Å². The molecule has 0 aromatic rings. The lowest BCUT2D eigenvalue weighted by Crippen LogP contribution is -2.11. The number of alkyl halides is 2. The van der Waals surface area contributed by atoms with Crippen molar-refractivity contribution in [3.8, 4) is 0 Å². The number of carbonyl (C=O) groups is 1. The lowest BCUT2D eigenvalue weighted by molar-refractivity contribution is -0.146. The molecule has 0 aliphatic carbocycles. The molecule has 0 saturated carbocycles. The van der Waals surface area contributed by atoms with Crippen LogP contribution in [0.2, 0.25) is 0 Å². The monoisotopic (exact) mass is 126 g/mol. The average Bonchev–Trinajstić information content (AvgIpc) is 1.65. The molecule has 0 saturated heterocycles. The summed E-state index contributed by atoms with van der Waals surface area (Å²) in [5.74, 6) is -1.42. The van der Waals surface area contributed by atoms with Crippen LogP contribution in [0.1, 0.15) is 0 Å². The average molecular weight is 126 g/mol. The summed E-state index contributed by atoms with van der Waals surface area (Å²) in [5.41, 5.74) is 0. The van der Waals surface area contributed by atoms with Gasteiger partial charge in [0.2, 0.25) is 10.5 Å². The second-order valence-corrected chi connectivity index (χ2v) is 1.23. The van der Waals surface area contributed by atoms with Gasteiger partial charge in [0.15, 0.2) is 0 Å². The zero-order valence-electron chi connectivity index (χ0n) is 3.65. The standard InChI is InChI=1S/C2H4F2O2Si/c3-1(4)2(5)6-7/h1H,7H3. The third kappa shape index (κ3) is 2.27. The van der Waals surface area contributed by atoms with Gasteiger partial charge in [0.1, 0.15) is 0 Å². The van der Waals surface area contributed by atoms with E-state index >= 15 is 0 Å². The minimum Gasteiger partial charge on any atom is -0.525 e. The molecule has 7 heavy (non-hydrogen) atoms. The molecule has 0 radical (unpaired) electrons. The number of carbonyl (C=O) groups excluding carboxylic acids is 1. The number of hydrogen-bond acceptors (Lipinski definition) is 2. The number of halogens is 2. The molecule has 0 fully saturated rings. The van der Waals surface area contributed by atoms with Crippen molar-refractivity contribution in [3.63, 3.8) is 0 Å². The van der Waals surface area contributed by atoms with Crippen LogP contribution in [0.5, 0.6) is 0 Å². The Hall–Kier alpha value is -0.453. The van der Waals surface area contributed by atoms with Crippen LogP contribution in [0.25, 0.3) is 0 Å². The molecule has 0 aliphatic rings. The summed E-state index contributed by atoms with van der Waals surface area (Å²) < 4.78 is 25.7. The Bertz CT molecular complexity index is 74.1. The summed E-state index contributed by atoms with van der Waals surface area (Å²) in [7, 11) is 0.0411. The molecule has 0 rings (SSSR count). The zero-order chi connectivity index (χ0) is 5.86. The first-order valence-corrected chi connectivity index (χ1v) is 2.36. The van der Waals surface area contributed by atoms with E-state index in [1.165, 1.54) is 0 Å². The smallest absolute Gasteiger partial charge is 0.359 e. The maximum atomic E-state index is 11.0. The van der Waals surface area contributed by atoms with E-state index in [4.69, 9.17) is 0 Å². The summed E-state index contributed by atoms with van der Waals surface area (Å²) in [6.07, 6.45) is -2.96. The third-order valence-corrected chi connectivity index (χ3v) is 0.782. The largest absolute Gasteiger partial charge is 0.525 e. The maximum absolute atomic E-state index is 11.0. The van der Waals surface area contributed by atoms with Crippen LogP contribution < -0.4 is 0 Å². The van der Waals surface area contributed by atoms with E-state index in [0.717, 1.165) is 0 Å². The number of hydrogen-bond donors (Lipinski definition) is 0. The van der Waals surface area contributed by atoms with Crippen LogP contribution >= 0.6 is 0 Å². The molecular weight excluding hydrogens is 122 g/mol. The Morgan fingerprint density at radius 1 is 1.71 bits per heavy atom. The highest BCUT2D eigenvalue weighted by molar-refractivity contribution is 6.05. The molecule has 0 aromatic carbocycles. The third-order valence-electron chi connectivity index (χ3n) is 0.379. The van der Waals surface area contributed by atoms with Crippen LogP contribution in [0, 0.1) is 0 Å². The van der Waals surface area contributed by atoms with Crippen molar-refractivity contribution in [1.29, 1.82) is 0 Å². The Morgan fingerprint density at radius 2 is 2.14 bits per heavy atom. The number of rotatable bonds is 1. The molecule has 0 heterocycles. The quantitative estimate of drug-likeness (QED) is 0.424. The Labute approximate surface area is 42.0 Å². The van der Waals surface area contributed by atoms with Crippen LogP contribution in [0.15, 0.2) is 0 Å². The van der Waals surface area contributed by atoms with Gasteiger partial charge in [-0.1, -0.05) is 0 Å². The second-order valence-electron chi connectivity index (χ2n) is 0.824. The van der Waals surface area contributed by atoms with Crippen molar-refractivity contribution in [3.05, 3.63) is 0 Å². The van der Waals surface area contributed by atoms with E-state index in [9.17, 15) is 13.6 Å². The normalized spacial score (nSPS) is 9.57. The first-order valence-electron chi connectivity index (χ1n) is 1.54. The molecule has 0 bridgehead atoms. The van der Waals surface area contributed by atoms with E-state index in [0.29, 0.717) is 0 Å². The van der Waals surface area contributed by atoms with Gasteiger partial charge < -0.3 is 4.43 Å². The van der Waals surface area contributed by atoms with Gasteiger partial charge in [-0.3, -0.25) is 0 Å². The summed E-state index contributed by atoms with van der Waals surface area (Å²) in [5, 5.41) is 0. The lowest BCUT2D eigenvalue weighted by atomic mass is 10.7. The zero-order valence-corrected chi connectivity index (χ0v) is 5.65. The molecule has 0 amide bonds. The van der Waals surface area contributed by atoms with Crippen LogP contribution in [0.3, 0.4) is 0 Å². The van der Waals surface area contributed by atoms with E-state index in [-0.39, 0.29) is 10.5 Å². The predicted molar refractivity (Wildman–Crippen MR) is 22.0 cm³/mol. The molecule has 5 heteroatoms. The first-order chi connectivity index (χ1) is 3.18. The van der Waals surface area contributed by atoms with Gasteiger partial charge >= 0.3 is 12.4 Å². The minimum atomic E-state index is -2.96. The highest BCUT2D eigenvalue weighted by Crippen LogP contribution is 1.91. The second kappa shape index (κ2) is 2.68. The molecule has 0 N–H and O–H groups in total. The van der Waals surface area contributed by atoms with Gasteiger partial charge in [-0.15, -0.1) is 0 Å². The fraction of sp³-hybridized carbons (Fsp3) is 0.500. The summed E-state index contributed by atoms with van der Waals surface area (Å²) >= 11 is 0. The molecule has 2 nitrogen and oxygen atoms in total. The van der Waals surface area contributed by atoms with Gasteiger partial charge in [0.25, 0.3) is 0 Å². The van der Waals surface area contributed by atoms with Crippen molar-refractivity contribution in [2.75, 3.05) is 0 Å². The summed E-state index contributed by atoms with van der Waals surface area (Å²) in [6, 6.07) is 0. The fourth-order valence-corrected chi connectivity index (χ4v) is 0.267. The molecule has 0 spiro atoms. The van der Waals surface area contributed by atoms with Crippen molar-refractivity contribution in [1.82, 2.24) is 0 Å².